The van der Waals surface area contributed by atoms with Crippen LogP contribution in [-0.4, -0.2) is 67.3 Å². The van der Waals surface area contributed by atoms with E-state index in [2.05, 4.69) is 32.9 Å². The van der Waals surface area contributed by atoms with Crippen LogP contribution in [0.2, 0.25) is 0 Å². The summed E-state index contributed by atoms with van der Waals surface area (Å²) in [7, 11) is 0. The topological polar surface area (TPSA) is 259 Å². The van der Waals surface area contributed by atoms with E-state index in [1.807, 2.05) is 0 Å². The van der Waals surface area contributed by atoms with Crippen molar-refractivity contribution in [3.05, 3.63) is 0 Å². The Morgan fingerprint density at radius 2 is 0.865 bits per heavy atom. The van der Waals surface area contributed by atoms with Gasteiger partial charge in [-0.3, -0.25) is 29.2 Å². The van der Waals surface area contributed by atoms with Crippen molar-refractivity contribution in [2.24, 2.45) is 38.7 Å². The average molecular weight is 737 g/mol. The molecular weight excluding hydrogens is 660 g/mol. The number of guanidine groups is 2. The number of hydrogen-bond donors (Lipinski definition) is 8. The van der Waals surface area contributed by atoms with E-state index in [1.54, 1.807) is 0 Å². The summed E-state index contributed by atoms with van der Waals surface area (Å²) < 4.78 is 0. The fourth-order valence-electron chi connectivity index (χ4n) is 6.06. The van der Waals surface area contributed by atoms with Gasteiger partial charge < -0.3 is 44.6 Å². The van der Waals surface area contributed by atoms with Crippen molar-refractivity contribution in [2.75, 3.05) is 19.6 Å². The van der Waals surface area contributed by atoms with Crippen LogP contribution in [0.1, 0.15) is 174 Å². The molecule has 0 aromatic carbocycles. The summed E-state index contributed by atoms with van der Waals surface area (Å²) >= 11 is 0. The van der Waals surface area contributed by atoms with E-state index in [0.29, 0.717) is 19.3 Å². The lowest BCUT2D eigenvalue weighted by Gasteiger charge is -2.22. The van der Waals surface area contributed by atoms with E-state index in [9.17, 15) is 19.2 Å². The Bertz CT molecular complexity index is 1000. The molecule has 0 spiro atoms. The van der Waals surface area contributed by atoms with Crippen LogP contribution in [-0.2, 0) is 19.2 Å². The van der Waals surface area contributed by atoms with Gasteiger partial charge >= 0.3 is 0 Å². The normalized spacial score (nSPS) is 12.0. The molecular formula is C38H76N10O4. The van der Waals surface area contributed by atoms with Crippen molar-refractivity contribution < 1.29 is 19.2 Å². The minimum absolute atomic E-state index is 0.0776. The van der Waals surface area contributed by atoms with Crippen molar-refractivity contribution in [1.82, 2.24) is 16.0 Å². The number of unbranched alkanes of at least 4 members (excludes halogenated alkanes) is 20. The van der Waals surface area contributed by atoms with Gasteiger partial charge in [0.25, 0.3) is 0 Å². The third-order valence-electron chi connectivity index (χ3n) is 9.16. The highest BCUT2D eigenvalue weighted by Gasteiger charge is 2.25. The fraction of sp³-hybridized carbons (Fsp3) is 0.842. The second-order valence-corrected chi connectivity index (χ2v) is 14.1. The predicted molar refractivity (Wildman–Crippen MR) is 213 cm³/mol. The van der Waals surface area contributed by atoms with Gasteiger partial charge in [-0.2, -0.15) is 0 Å². The third kappa shape index (κ3) is 32.3. The molecule has 0 heterocycles. The van der Waals surface area contributed by atoms with Gasteiger partial charge in [0, 0.05) is 19.5 Å². The molecule has 4 amide bonds. The van der Waals surface area contributed by atoms with Crippen molar-refractivity contribution in [1.29, 1.82) is 0 Å². The van der Waals surface area contributed by atoms with Crippen LogP contribution in [0.25, 0.3) is 0 Å². The zero-order valence-corrected chi connectivity index (χ0v) is 32.6. The number of rotatable bonds is 36. The summed E-state index contributed by atoms with van der Waals surface area (Å²) in [4.78, 5) is 57.7. The van der Waals surface area contributed by atoms with E-state index in [1.165, 1.54) is 116 Å². The molecule has 0 aromatic rings. The third-order valence-corrected chi connectivity index (χ3v) is 9.16. The number of nitrogens with two attached hydrogens (primary N) is 5. The molecule has 0 radical (unpaired) electrons. The Morgan fingerprint density at radius 3 is 1.25 bits per heavy atom. The minimum Gasteiger partial charge on any atom is -0.370 e. The number of primary amides is 1. The molecule has 0 fully saturated rings. The summed E-state index contributed by atoms with van der Waals surface area (Å²) in [5, 5.41) is 7.86. The van der Waals surface area contributed by atoms with Gasteiger partial charge in [-0.25, -0.2) is 0 Å². The molecule has 14 heteroatoms. The van der Waals surface area contributed by atoms with Gasteiger partial charge in [-0.1, -0.05) is 135 Å². The summed E-state index contributed by atoms with van der Waals surface area (Å²) in [5.74, 6) is -2.22. The van der Waals surface area contributed by atoms with Crippen molar-refractivity contribution in [3.63, 3.8) is 0 Å². The lowest BCUT2D eigenvalue weighted by atomic mass is 10.0. The number of amides is 4. The number of carbonyl (C=O) groups is 4. The number of carbonyl (C=O) groups excluding carboxylic acids is 4. The Balaban J connectivity index is 4.12. The van der Waals surface area contributed by atoms with E-state index in [0.717, 1.165) is 19.3 Å². The second kappa shape index (κ2) is 34.5. The van der Waals surface area contributed by atoms with Gasteiger partial charge in [-0.15, -0.1) is 0 Å². The molecule has 14 nitrogen and oxygen atoms in total. The summed E-state index contributed by atoms with van der Waals surface area (Å²) in [6.07, 6.45) is 28.9. The van der Waals surface area contributed by atoms with Crippen LogP contribution in [0.4, 0.5) is 0 Å². The van der Waals surface area contributed by atoms with Crippen LogP contribution < -0.4 is 44.6 Å². The molecule has 52 heavy (non-hydrogen) atoms. The second-order valence-electron chi connectivity index (χ2n) is 14.1. The Morgan fingerprint density at radius 1 is 0.481 bits per heavy atom. The first kappa shape index (κ1) is 48.4. The summed E-state index contributed by atoms with van der Waals surface area (Å²) in [5.41, 5.74) is 26.9. The fourth-order valence-corrected chi connectivity index (χ4v) is 6.06. The number of hydrogen-bond acceptors (Lipinski definition) is 6. The number of nitrogens with zero attached hydrogens (tertiary/aromatic N) is 2. The van der Waals surface area contributed by atoms with Crippen molar-refractivity contribution >= 4 is 35.5 Å². The molecule has 13 N–H and O–H groups in total. The van der Waals surface area contributed by atoms with Crippen LogP contribution in [0, 0.1) is 0 Å². The first-order valence-corrected chi connectivity index (χ1v) is 20.3. The van der Waals surface area contributed by atoms with Crippen LogP contribution in [0.3, 0.4) is 0 Å². The van der Waals surface area contributed by atoms with E-state index >= 15 is 0 Å². The first-order chi connectivity index (χ1) is 25.1. The van der Waals surface area contributed by atoms with Crippen LogP contribution >= 0.6 is 0 Å². The lowest BCUT2D eigenvalue weighted by molar-refractivity contribution is -0.132. The zero-order valence-electron chi connectivity index (χ0n) is 32.6. The number of nitrogens with one attached hydrogen (secondary N) is 3. The molecule has 0 saturated carbocycles. The highest BCUT2D eigenvalue weighted by molar-refractivity contribution is 5.92. The van der Waals surface area contributed by atoms with Gasteiger partial charge in [0.15, 0.2) is 11.9 Å². The molecule has 2 atom stereocenters. The van der Waals surface area contributed by atoms with Crippen molar-refractivity contribution in [3.8, 4) is 0 Å². The van der Waals surface area contributed by atoms with Crippen LogP contribution in [0.5, 0.6) is 0 Å². The quantitative estimate of drug-likeness (QED) is 0.0261. The van der Waals surface area contributed by atoms with Gasteiger partial charge in [0.05, 0.1) is 6.54 Å². The van der Waals surface area contributed by atoms with Gasteiger partial charge in [0.2, 0.25) is 23.6 Å². The highest BCUT2D eigenvalue weighted by Crippen LogP contribution is 2.15. The molecule has 0 aliphatic carbocycles. The molecule has 0 rings (SSSR count). The average Bonchev–Trinajstić information content (AvgIpc) is 3.10. The van der Waals surface area contributed by atoms with Crippen molar-refractivity contribution in [2.45, 2.75) is 186 Å². The Hall–Kier alpha value is -3.58. The Kier molecular flexibility index (Phi) is 32.1. The van der Waals surface area contributed by atoms with E-state index < -0.39 is 29.8 Å². The van der Waals surface area contributed by atoms with E-state index in [4.69, 9.17) is 28.7 Å². The largest absolute Gasteiger partial charge is 0.370 e. The predicted octanol–water partition coefficient (Wildman–Crippen LogP) is 4.27. The standard InChI is InChI=1S/C38H76N10O4/c1-2-3-4-5-6-7-8-9-10-11-12-13-14-15-16-17-18-19-20-21-22-27-33(49)46-30-34(50)47-32(26-24-29-45-38(42)43)36(52)48-31(35(39)51)25-23-28-44-37(40)41/h31-32H,2-30H2,1H3,(H2,39,51)(H,46,49)(H,47,50)(H,48,52)(H4,40,41,44)(H4,42,43,45)/t31-,32-/m0/s1. The smallest absolute Gasteiger partial charge is 0.243 e. The van der Waals surface area contributed by atoms with Gasteiger partial charge in [0.1, 0.15) is 12.1 Å². The number of aliphatic imine (C=N–C) groups is 2. The maximum absolute atomic E-state index is 13.0. The van der Waals surface area contributed by atoms with E-state index in [-0.39, 0.29) is 50.3 Å². The molecule has 0 saturated heterocycles. The minimum atomic E-state index is -0.993. The molecule has 0 unspecified atom stereocenters. The molecule has 0 aliphatic rings. The summed E-state index contributed by atoms with van der Waals surface area (Å²) in [6, 6.07) is -1.97. The molecule has 302 valence electrons. The molecule has 0 aliphatic heterocycles. The maximum Gasteiger partial charge on any atom is 0.243 e. The summed E-state index contributed by atoms with van der Waals surface area (Å²) in [6.45, 7) is 2.51. The van der Waals surface area contributed by atoms with Crippen LogP contribution in [0.15, 0.2) is 9.98 Å². The SMILES string of the molecule is CCCCCCCCCCCCCCCCCCCCCCCC(=O)NCC(=O)N[C@@H](CCCN=C(N)N)C(=O)N[C@@H](CCCN=C(N)N)C(N)=O. The monoisotopic (exact) mass is 737 g/mol. The van der Waals surface area contributed by atoms with Gasteiger partial charge in [-0.05, 0) is 32.1 Å². The Labute approximate surface area is 314 Å². The molecule has 0 bridgehead atoms. The lowest BCUT2D eigenvalue weighted by Crippen LogP contribution is -2.54. The maximum atomic E-state index is 13.0. The first-order valence-electron chi connectivity index (χ1n) is 20.3. The zero-order chi connectivity index (χ0) is 38.7. The molecule has 0 aromatic heterocycles. The highest BCUT2D eigenvalue weighted by atomic mass is 16.2.